The number of ether oxygens (including phenoxy) is 1. The highest BCUT2D eigenvalue weighted by atomic mass is 32.1. The normalized spacial score (nSPS) is 10.0. The number of nitriles is 1. The maximum absolute atomic E-state index is 11.5. The summed E-state index contributed by atoms with van der Waals surface area (Å²) in [5.41, 5.74) is 0.598. The first-order chi connectivity index (χ1) is 7.74. The van der Waals surface area contributed by atoms with E-state index in [1.165, 1.54) is 11.3 Å². The molecule has 3 nitrogen and oxygen atoms in total. The van der Waals surface area contributed by atoms with E-state index in [1.54, 1.807) is 25.1 Å². The van der Waals surface area contributed by atoms with Gasteiger partial charge in [0.15, 0.2) is 0 Å². The number of fused-ring (bicyclic) bond motifs is 1. The lowest BCUT2D eigenvalue weighted by molar-refractivity contribution is 0.0532. The number of hydrogen-bond acceptors (Lipinski definition) is 4. The van der Waals surface area contributed by atoms with Crippen molar-refractivity contribution in [2.45, 2.75) is 6.92 Å². The van der Waals surface area contributed by atoms with Gasteiger partial charge < -0.3 is 4.74 Å². The van der Waals surface area contributed by atoms with Crippen LogP contribution < -0.4 is 0 Å². The van der Waals surface area contributed by atoms with Crippen LogP contribution in [0.2, 0.25) is 0 Å². The van der Waals surface area contributed by atoms with Gasteiger partial charge in [-0.3, -0.25) is 0 Å². The fraction of sp³-hybridized carbons (Fsp3) is 0.167. The van der Waals surface area contributed by atoms with Crippen LogP contribution in [0.4, 0.5) is 0 Å². The lowest BCUT2D eigenvalue weighted by Gasteiger charge is -1.95. The molecule has 0 saturated carbocycles. The maximum Gasteiger partial charge on any atom is 0.348 e. The highest BCUT2D eigenvalue weighted by Gasteiger charge is 2.10. The Bertz CT molecular complexity index is 580. The molecule has 0 bridgehead atoms. The van der Waals surface area contributed by atoms with E-state index < -0.39 is 0 Å². The Labute approximate surface area is 96.9 Å². The molecule has 0 amide bonds. The minimum absolute atomic E-state index is 0.304. The molecule has 0 aliphatic rings. The Balaban J connectivity index is 2.44. The van der Waals surface area contributed by atoms with Crippen molar-refractivity contribution in [3.63, 3.8) is 0 Å². The zero-order chi connectivity index (χ0) is 11.5. The summed E-state index contributed by atoms with van der Waals surface area (Å²) in [6.07, 6.45) is 0. The van der Waals surface area contributed by atoms with Crippen LogP contribution in [0.25, 0.3) is 10.1 Å². The second-order valence-corrected chi connectivity index (χ2v) is 4.28. The Morgan fingerprint density at radius 3 is 3.00 bits per heavy atom. The molecule has 2 rings (SSSR count). The van der Waals surface area contributed by atoms with Crippen molar-refractivity contribution in [3.05, 3.63) is 34.7 Å². The Morgan fingerprint density at radius 1 is 1.50 bits per heavy atom. The average Bonchev–Trinajstić information content (AvgIpc) is 2.71. The monoisotopic (exact) mass is 231 g/mol. The number of carbonyl (C=O) groups excluding carboxylic acids is 1. The number of esters is 1. The third kappa shape index (κ3) is 1.90. The molecular weight excluding hydrogens is 222 g/mol. The molecule has 1 aromatic carbocycles. The van der Waals surface area contributed by atoms with Gasteiger partial charge in [0.1, 0.15) is 4.88 Å². The molecule has 0 aliphatic heterocycles. The van der Waals surface area contributed by atoms with E-state index in [0.717, 1.165) is 10.1 Å². The standard InChI is InChI=1S/C12H9NO2S/c1-2-15-12(14)11-6-9-5-8(7-13)3-4-10(9)16-11/h3-6H,2H2,1H3. The molecule has 0 atom stereocenters. The fourth-order valence-electron chi connectivity index (χ4n) is 1.42. The second-order valence-electron chi connectivity index (χ2n) is 3.20. The van der Waals surface area contributed by atoms with Gasteiger partial charge in [0.05, 0.1) is 18.2 Å². The molecule has 0 unspecified atom stereocenters. The van der Waals surface area contributed by atoms with Crippen molar-refractivity contribution < 1.29 is 9.53 Å². The second kappa shape index (κ2) is 4.33. The Hall–Kier alpha value is -1.86. The zero-order valence-corrected chi connectivity index (χ0v) is 9.50. The number of hydrogen-bond donors (Lipinski definition) is 0. The molecule has 4 heteroatoms. The molecule has 0 radical (unpaired) electrons. The van der Waals surface area contributed by atoms with E-state index in [0.29, 0.717) is 17.0 Å². The third-order valence-corrected chi connectivity index (χ3v) is 3.22. The summed E-state index contributed by atoms with van der Waals surface area (Å²) in [5, 5.41) is 9.67. The number of rotatable bonds is 2. The van der Waals surface area contributed by atoms with Crippen molar-refractivity contribution >= 4 is 27.4 Å². The van der Waals surface area contributed by atoms with Gasteiger partial charge in [0, 0.05) is 4.70 Å². The topological polar surface area (TPSA) is 50.1 Å². The predicted octanol–water partition coefficient (Wildman–Crippen LogP) is 2.95. The average molecular weight is 231 g/mol. The lowest BCUT2D eigenvalue weighted by Crippen LogP contribution is -2.01. The van der Waals surface area contributed by atoms with Crippen molar-refractivity contribution in [2.24, 2.45) is 0 Å². The first-order valence-electron chi connectivity index (χ1n) is 4.85. The molecule has 80 valence electrons. The molecule has 0 fully saturated rings. The SMILES string of the molecule is CCOC(=O)c1cc2cc(C#N)ccc2s1. The summed E-state index contributed by atoms with van der Waals surface area (Å²) >= 11 is 1.38. The van der Waals surface area contributed by atoms with E-state index in [2.05, 4.69) is 6.07 Å². The van der Waals surface area contributed by atoms with Crippen LogP contribution >= 0.6 is 11.3 Å². The van der Waals surface area contributed by atoms with Crippen LogP contribution in [-0.2, 0) is 4.74 Å². The summed E-state index contributed by atoms with van der Waals surface area (Å²) < 4.78 is 5.91. The molecule has 16 heavy (non-hydrogen) atoms. The van der Waals surface area contributed by atoms with Gasteiger partial charge in [0.2, 0.25) is 0 Å². The van der Waals surface area contributed by atoms with E-state index in [9.17, 15) is 4.79 Å². The van der Waals surface area contributed by atoms with Gasteiger partial charge in [-0.15, -0.1) is 11.3 Å². The molecule has 1 heterocycles. The summed E-state index contributed by atoms with van der Waals surface area (Å²) in [6, 6.07) is 9.20. The Kier molecular flexibility index (Phi) is 2.88. The summed E-state index contributed by atoms with van der Waals surface area (Å²) in [6.45, 7) is 2.15. The van der Waals surface area contributed by atoms with Crippen molar-refractivity contribution in [3.8, 4) is 6.07 Å². The Morgan fingerprint density at radius 2 is 2.31 bits per heavy atom. The smallest absolute Gasteiger partial charge is 0.348 e. The van der Waals surface area contributed by atoms with Crippen LogP contribution in [0.15, 0.2) is 24.3 Å². The predicted molar refractivity (Wildman–Crippen MR) is 62.5 cm³/mol. The van der Waals surface area contributed by atoms with Gasteiger partial charge >= 0.3 is 5.97 Å². The highest BCUT2D eigenvalue weighted by molar-refractivity contribution is 7.20. The molecule has 0 N–H and O–H groups in total. The maximum atomic E-state index is 11.5. The lowest BCUT2D eigenvalue weighted by atomic mass is 10.2. The quantitative estimate of drug-likeness (QED) is 0.746. The van der Waals surface area contributed by atoms with Crippen molar-refractivity contribution in [1.82, 2.24) is 0 Å². The molecule has 1 aromatic heterocycles. The van der Waals surface area contributed by atoms with Crippen molar-refractivity contribution in [2.75, 3.05) is 6.61 Å². The van der Waals surface area contributed by atoms with E-state index in [-0.39, 0.29) is 5.97 Å². The molecule has 0 aliphatic carbocycles. The summed E-state index contributed by atoms with van der Waals surface area (Å²) in [7, 11) is 0. The first kappa shape index (κ1) is 10.7. The number of thiophene rings is 1. The number of nitrogens with zero attached hydrogens (tertiary/aromatic N) is 1. The van der Waals surface area contributed by atoms with Gasteiger partial charge in [-0.05, 0) is 36.6 Å². The highest BCUT2D eigenvalue weighted by Crippen LogP contribution is 2.26. The van der Waals surface area contributed by atoms with E-state index in [1.807, 2.05) is 6.07 Å². The van der Waals surface area contributed by atoms with Crippen LogP contribution in [0, 0.1) is 11.3 Å². The molecule has 0 spiro atoms. The molecule has 0 saturated heterocycles. The largest absolute Gasteiger partial charge is 0.462 e. The van der Waals surface area contributed by atoms with Crippen LogP contribution in [-0.4, -0.2) is 12.6 Å². The zero-order valence-electron chi connectivity index (χ0n) is 8.69. The van der Waals surface area contributed by atoms with Gasteiger partial charge in [-0.2, -0.15) is 5.26 Å². The third-order valence-electron chi connectivity index (χ3n) is 2.12. The minimum Gasteiger partial charge on any atom is -0.462 e. The van der Waals surface area contributed by atoms with E-state index >= 15 is 0 Å². The van der Waals surface area contributed by atoms with Crippen LogP contribution in [0.5, 0.6) is 0 Å². The number of carbonyl (C=O) groups is 1. The summed E-state index contributed by atoms with van der Waals surface area (Å²) in [4.78, 5) is 12.1. The summed E-state index contributed by atoms with van der Waals surface area (Å²) in [5.74, 6) is -0.304. The fourth-order valence-corrected chi connectivity index (χ4v) is 2.35. The first-order valence-corrected chi connectivity index (χ1v) is 5.67. The molecular formula is C12H9NO2S. The van der Waals surface area contributed by atoms with Crippen LogP contribution in [0.1, 0.15) is 22.2 Å². The van der Waals surface area contributed by atoms with Crippen LogP contribution in [0.3, 0.4) is 0 Å². The van der Waals surface area contributed by atoms with Gasteiger partial charge in [0.25, 0.3) is 0 Å². The van der Waals surface area contributed by atoms with Gasteiger partial charge in [-0.25, -0.2) is 4.79 Å². The van der Waals surface area contributed by atoms with Gasteiger partial charge in [-0.1, -0.05) is 0 Å². The number of benzene rings is 1. The minimum atomic E-state index is -0.304. The molecule has 2 aromatic rings. The van der Waals surface area contributed by atoms with Crippen molar-refractivity contribution in [1.29, 1.82) is 5.26 Å². The van der Waals surface area contributed by atoms with E-state index in [4.69, 9.17) is 10.00 Å².